The highest BCUT2D eigenvalue weighted by Gasteiger charge is 2.47. The van der Waals surface area contributed by atoms with Crippen LogP contribution in [-0.4, -0.2) is 74.4 Å². The predicted molar refractivity (Wildman–Crippen MR) is 122 cm³/mol. The maximum absolute atomic E-state index is 12.2. The molecule has 7 atom stereocenters. The van der Waals surface area contributed by atoms with E-state index in [4.69, 9.17) is 10.5 Å². The molecule has 38 heavy (non-hydrogen) atoms. The van der Waals surface area contributed by atoms with Gasteiger partial charge in [-0.3, -0.25) is 14.0 Å². The third-order valence-electron chi connectivity index (χ3n) is 4.87. The molecule has 0 spiro atoms. The highest BCUT2D eigenvalue weighted by Crippen LogP contribution is 2.67. The largest absolute Gasteiger partial charge is 0.536 e. The van der Waals surface area contributed by atoms with Crippen LogP contribution in [0.15, 0.2) is 36.9 Å². The van der Waals surface area contributed by atoms with Gasteiger partial charge < -0.3 is 40.1 Å². The van der Waals surface area contributed by atoms with E-state index >= 15 is 0 Å². The smallest absolute Gasteiger partial charge is 0.508 e. The molecule has 1 fully saturated rings. The van der Waals surface area contributed by atoms with Crippen LogP contribution in [0.2, 0.25) is 0 Å². The molecule has 3 heterocycles. The number of phenols is 1. The highest BCUT2D eigenvalue weighted by molar-refractivity contribution is 7.67. The lowest BCUT2D eigenvalue weighted by molar-refractivity contribution is -0.0503. The van der Waals surface area contributed by atoms with E-state index in [9.17, 15) is 43.7 Å². The molecule has 8 N–H and O–H groups in total. The number of nitrogen functional groups attached to an aromatic ring is 1. The molecule has 19 nitrogen and oxygen atoms in total. The summed E-state index contributed by atoms with van der Waals surface area (Å²) in [6, 6.07) is 4.18. The number of phenolic OH excluding ortho intramolecular Hbond substituents is 1. The maximum atomic E-state index is 12.2. The summed E-state index contributed by atoms with van der Waals surface area (Å²) in [4.78, 5) is 40.9. The molecule has 1 saturated heterocycles. The van der Waals surface area contributed by atoms with Crippen molar-refractivity contribution in [3.8, 4) is 11.5 Å². The van der Waals surface area contributed by atoms with Crippen LogP contribution in [0.5, 0.6) is 11.5 Å². The minimum atomic E-state index is -5.77. The number of hydrogen-bond acceptors (Lipinski definition) is 15. The number of nitrogens with zero attached hydrogens (tertiary/aromatic N) is 4. The number of anilines is 1. The summed E-state index contributed by atoms with van der Waals surface area (Å²) in [6.45, 7) is -0.965. The number of aromatic nitrogens is 4. The molecular formula is C16H20N5O14P3. The molecule has 208 valence electrons. The van der Waals surface area contributed by atoms with Gasteiger partial charge in [0.15, 0.2) is 17.7 Å². The van der Waals surface area contributed by atoms with Gasteiger partial charge >= 0.3 is 23.5 Å². The van der Waals surface area contributed by atoms with Gasteiger partial charge in [0.25, 0.3) is 0 Å². The Kier molecular flexibility index (Phi) is 7.94. The Balaban J connectivity index is 1.37. The summed E-state index contributed by atoms with van der Waals surface area (Å²) in [6.07, 6.45) is -3.75. The van der Waals surface area contributed by atoms with Crippen molar-refractivity contribution in [1.29, 1.82) is 0 Å². The van der Waals surface area contributed by atoms with Gasteiger partial charge in [0.2, 0.25) is 0 Å². The molecule has 0 aliphatic carbocycles. The third kappa shape index (κ3) is 6.55. The molecule has 3 aromatic rings. The molecule has 22 heteroatoms. The van der Waals surface area contributed by atoms with E-state index in [0.717, 1.165) is 30.6 Å². The van der Waals surface area contributed by atoms with Crippen molar-refractivity contribution >= 4 is 40.4 Å². The number of hydrogen-bond donors (Lipinski definition) is 7. The van der Waals surface area contributed by atoms with Gasteiger partial charge in [-0.15, -0.1) is 0 Å². The van der Waals surface area contributed by atoms with Crippen LogP contribution in [-0.2, 0) is 31.6 Å². The van der Waals surface area contributed by atoms with Crippen LogP contribution < -0.4 is 10.3 Å². The average Bonchev–Trinajstić information content (AvgIpc) is 3.34. The number of imidazole rings is 1. The van der Waals surface area contributed by atoms with Gasteiger partial charge in [-0.1, -0.05) is 0 Å². The second-order valence-corrected chi connectivity index (χ2v) is 12.1. The van der Waals surface area contributed by atoms with Gasteiger partial charge in [0.1, 0.15) is 41.7 Å². The van der Waals surface area contributed by atoms with Crippen molar-refractivity contribution in [3.05, 3.63) is 36.9 Å². The highest BCUT2D eigenvalue weighted by atomic mass is 31.3. The van der Waals surface area contributed by atoms with Crippen LogP contribution >= 0.6 is 23.5 Å². The first-order valence-electron chi connectivity index (χ1n) is 10.2. The normalized spacial score (nSPS) is 26.4. The lowest BCUT2D eigenvalue weighted by Crippen LogP contribution is -2.33. The van der Waals surface area contributed by atoms with Crippen molar-refractivity contribution in [2.24, 2.45) is 0 Å². The number of phosphoric acid groups is 3. The van der Waals surface area contributed by atoms with E-state index in [1.165, 1.54) is 10.9 Å². The van der Waals surface area contributed by atoms with Crippen molar-refractivity contribution in [3.63, 3.8) is 0 Å². The topological polar surface area (TPSA) is 288 Å². The fourth-order valence-electron chi connectivity index (χ4n) is 3.28. The SMILES string of the molecule is Nc1ncnc2c1ncn2[C@@H]1O[C@H](COP(=O)(O)OP(=O)(O)OP(=O)(O)Oc2ccc(O)cc2)[C@@H](O)[C@H]1O. The summed E-state index contributed by atoms with van der Waals surface area (Å²) in [5.74, 6) is -0.540. The third-order valence-corrected chi connectivity index (χ3v) is 9.09. The van der Waals surface area contributed by atoms with Crippen molar-refractivity contribution in [1.82, 2.24) is 19.5 Å². The van der Waals surface area contributed by atoms with E-state index in [-0.39, 0.29) is 28.5 Å². The molecule has 0 amide bonds. The number of aliphatic hydroxyl groups is 2. The molecule has 1 aliphatic rings. The zero-order valence-corrected chi connectivity index (χ0v) is 21.3. The number of rotatable bonds is 10. The van der Waals surface area contributed by atoms with E-state index in [1.54, 1.807) is 0 Å². The van der Waals surface area contributed by atoms with Crippen molar-refractivity contribution < 1.29 is 66.1 Å². The Bertz CT molecular complexity index is 1450. The monoisotopic (exact) mass is 599 g/mol. The summed E-state index contributed by atoms with van der Waals surface area (Å²) >= 11 is 0. The molecule has 4 rings (SSSR count). The summed E-state index contributed by atoms with van der Waals surface area (Å²) in [5.41, 5.74) is 6.04. The van der Waals surface area contributed by atoms with E-state index in [2.05, 4.69) is 32.6 Å². The number of ether oxygens (including phenoxy) is 1. The molecule has 1 aliphatic heterocycles. The number of aliphatic hydroxyl groups excluding tert-OH is 2. The van der Waals surface area contributed by atoms with Crippen molar-refractivity contribution in [2.45, 2.75) is 24.5 Å². The van der Waals surface area contributed by atoms with Crippen molar-refractivity contribution in [2.75, 3.05) is 12.3 Å². The minimum absolute atomic E-state index is 0.0385. The first-order chi connectivity index (χ1) is 17.7. The Morgan fingerprint density at radius 2 is 1.61 bits per heavy atom. The standard InChI is InChI=1S/C16H20N5O14P3/c17-14-11-15(19-6-18-14)21(7-20-11)16-13(24)12(23)10(32-16)5-31-36(25,26)34-38(29,30)35-37(27,28)33-9-3-1-8(22)2-4-9/h1-4,6-7,10,12-13,16,22-24H,5H2,(H,25,26)(H,27,28)(H,29,30)(H2,17,18,19)/t10-,12-,13-,16-/m1/s1. The lowest BCUT2D eigenvalue weighted by atomic mass is 10.1. The molecule has 0 bridgehead atoms. The Hall–Kier alpha value is -2.50. The molecule has 1 aromatic carbocycles. The fraction of sp³-hybridized carbons (Fsp3) is 0.312. The van der Waals surface area contributed by atoms with Gasteiger partial charge in [-0.2, -0.15) is 8.62 Å². The van der Waals surface area contributed by atoms with Crippen LogP contribution in [0.4, 0.5) is 5.82 Å². The molecular weight excluding hydrogens is 579 g/mol. The summed E-state index contributed by atoms with van der Waals surface area (Å²) in [7, 11) is -16.7. The fourth-order valence-corrected chi connectivity index (χ4v) is 6.80. The molecule has 3 unspecified atom stereocenters. The lowest BCUT2D eigenvalue weighted by Gasteiger charge is -2.20. The first-order valence-corrected chi connectivity index (χ1v) is 14.6. The van der Waals surface area contributed by atoms with Gasteiger partial charge in [0.05, 0.1) is 12.9 Å². The van der Waals surface area contributed by atoms with Gasteiger partial charge in [-0.05, 0) is 24.3 Å². The maximum Gasteiger partial charge on any atom is 0.536 e. The van der Waals surface area contributed by atoms with Crippen LogP contribution in [0.1, 0.15) is 6.23 Å². The van der Waals surface area contributed by atoms with Crippen LogP contribution in [0, 0.1) is 0 Å². The van der Waals surface area contributed by atoms with Gasteiger partial charge in [0, 0.05) is 0 Å². The number of aromatic hydroxyl groups is 1. The van der Waals surface area contributed by atoms with Crippen LogP contribution in [0.3, 0.4) is 0 Å². The number of fused-ring (bicyclic) bond motifs is 1. The van der Waals surface area contributed by atoms with Gasteiger partial charge in [-0.25, -0.2) is 28.6 Å². The quantitative estimate of drug-likeness (QED) is 0.153. The zero-order valence-electron chi connectivity index (χ0n) is 18.6. The Morgan fingerprint density at radius 1 is 0.947 bits per heavy atom. The van der Waals surface area contributed by atoms with Crippen LogP contribution in [0.25, 0.3) is 11.2 Å². The predicted octanol–water partition coefficient (Wildman–Crippen LogP) is 0.163. The zero-order chi connectivity index (χ0) is 27.9. The summed E-state index contributed by atoms with van der Waals surface area (Å²) in [5, 5.41) is 29.9. The summed E-state index contributed by atoms with van der Waals surface area (Å²) < 4.78 is 60.0. The molecule has 0 saturated carbocycles. The minimum Gasteiger partial charge on any atom is -0.508 e. The Morgan fingerprint density at radius 3 is 2.29 bits per heavy atom. The van der Waals surface area contributed by atoms with E-state index in [1.807, 2.05) is 0 Å². The second kappa shape index (κ2) is 10.6. The van der Waals surface area contributed by atoms with E-state index in [0.29, 0.717) is 0 Å². The first kappa shape index (κ1) is 28.5. The van der Waals surface area contributed by atoms with E-state index < -0.39 is 54.6 Å². The number of phosphoric ester groups is 2. The molecule has 2 aromatic heterocycles. The Labute approximate surface area is 211 Å². The number of benzene rings is 1. The molecule has 0 radical (unpaired) electrons. The average molecular weight is 599 g/mol. The number of nitrogens with two attached hydrogens (primary N) is 1. The second-order valence-electron chi connectivity index (χ2n) is 7.58.